The van der Waals surface area contributed by atoms with E-state index in [1.165, 1.54) is 42.7 Å². The third-order valence-electron chi connectivity index (χ3n) is 25.7. The van der Waals surface area contributed by atoms with E-state index in [2.05, 4.69) is 347 Å². The summed E-state index contributed by atoms with van der Waals surface area (Å²) in [7, 11) is 0. The van der Waals surface area contributed by atoms with Crippen LogP contribution < -0.4 is 0 Å². The highest BCUT2D eigenvalue weighted by Crippen LogP contribution is 2.48. The molecule has 0 bridgehead atoms. The van der Waals surface area contributed by atoms with Crippen LogP contribution in [0.5, 0.6) is 0 Å². The van der Waals surface area contributed by atoms with Crippen LogP contribution in [-0.2, 0) is 0 Å². The largest absolute Gasteiger partial charge is 0.456 e. The van der Waals surface area contributed by atoms with Crippen LogP contribution in [-0.4, -0.2) is 48.6 Å². The minimum atomic E-state index is 0.552. The quantitative estimate of drug-likeness (QED) is 0.130. The summed E-state index contributed by atoms with van der Waals surface area (Å²) in [6.07, 6.45) is 0. The molecule has 0 N–H and O–H groups in total. The molecule has 9 aromatic heterocycles. The van der Waals surface area contributed by atoms with E-state index in [1.54, 1.807) is 11.3 Å². The molecular formula is C115H66N10O2S. The Bertz CT molecular complexity index is 9470. The first-order valence-corrected chi connectivity index (χ1v) is 43.8. The summed E-state index contributed by atoms with van der Waals surface area (Å²) < 4.78 is 22.7. The van der Waals surface area contributed by atoms with Crippen molar-refractivity contribution < 1.29 is 8.83 Å². The molecular weight excluding hydrogens is 1590 g/mol. The van der Waals surface area contributed by atoms with Gasteiger partial charge in [-0.1, -0.05) is 297 Å². The van der Waals surface area contributed by atoms with Crippen molar-refractivity contribution in [2.75, 3.05) is 0 Å². The van der Waals surface area contributed by atoms with Gasteiger partial charge >= 0.3 is 0 Å². The van der Waals surface area contributed by atoms with Crippen LogP contribution in [0.3, 0.4) is 0 Å². The number of nitrogens with zero attached hydrogens (tertiary/aromatic N) is 10. The predicted octanol–water partition coefficient (Wildman–Crippen LogP) is 30.4. The van der Waals surface area contributed by atoms with Gasteiger partial charge in [-0.25, -0.2) is 34.9 Å². The molecule has 28 rings (SSSR count). The molecule has 0 spiro atoms. The number of benzene rings is 19. The van der Waals surface area contributed by atoms with Crippen LogP contribution in [0.4, 0.5) is 0 Å². The summed E-state index contributed by atoms with van der Waals surface area (Å²) in [6.45, 7) is 0. The first-order valence-electron chi connectivity index (χ1n) is 43.0. The maximum atomic E-state index is 6.85. The van der Waals surface area contributed by atoms with Gasteiger partial charge in [-0.2, -0.15) is 0 Å². The Kier molecular flexibility index (Phi) is 15.7. The van der Waals surface area contributed by atoms with Crippen molar-refractivity contribution in [2.24, 2.45) is 0 Å². The molecule has 0 amide bonds. The van der Waals surface area contributed by atoms with Crippen molar-refractivity contribution in [3.63, 3.8) is 0 Å². The van der Waals surface area contributed by atoms with Crippen molar-refractivity contribution in [3.8, 4) is 85.4 Å². The van der Waals surface area contributed by atoms with Gasteiger partial charge in [0.05, 0.1) is 60.2 Å². The predicted molar refractivity (Wildman–Crippen MR) is 528 cm³/mol. The van der Waals surface area contributed by atoms with E-state index >= 15 is 0 Å². The number of hydrogen-bond acceptors (Lipinski definition) is 10. The zero-order chi connectivity index (χ0) is 83.8. The average Bonchev–Trinajstić information content (AvgIpc) is 1.56. The highest BCUT2D eigenvalue weighted by molar-refractivity contribution is 7.26. The molecule has 0 aliphatic rings. The molecule has 0 radical (unpaired) electrons. The molecule has 28 aromatic rings. The molecule has 594 valence electrons. The van der Waals surface area contributed by atoms with Crippen LogP contribution in [0.2, 0.25) is 0 Å². The van der Waals surface area contributed by atoms with Crippen molar-refractivity contribution in [1.82, 2.24) is 48.6 Å². The highest BCUT2D eigenvalue weighted by atomic mass is 32.1. The van der Waals surface area contributed by atoms with Crippen LogP contribution in [0.15, 0.2) is 409 Å². The Hall–Kier alpha value is -17.1. The number of hydrogen-bond donors (Lipinski definition) is 0. The number of aromatic nitrogens is 10. The summed E-state index contributed by atoms with van der Waals surface area (Å²) in [6, 6.07) is 141. The monoisotopic (exact) mass is 1650 g/mol. The average molecular weight is 1650 g/mol. The summed E-state index contributed by atoms with van der Waals surface area (Å²) in [4.78, 5) is 37.1. The zero-order valence-corrected chi connectivity index (χ0v) is 69.1. The number of furan rings is 2. The number of para-hydroxylation sites is 1. The SMILES string of the molecule is c1ccc(-c2nc(-c3ccccc3)nc(-c3ccc4c5cc6c(cc5n(-c5nc(-c7ccccc7)c7ccc8ccccc8c7n5)c4c3)oc3cc4ccccc4cc36)n2)cc1.c1ccc(-c2nc(-n3c4ccc(-c5ccc6c(c5)c5c7ccccc7ccc5n6-c5ccccc5)cc4c4cc5c(cc43)oc3c4ccccc4ccc53)nc3c2sc2ccccc23)cc1. The molecule has 9 heterocycles. The molecule has 19 aromatic carbocycles. The molecule has 0 unspecified atom stereocenters. The topological polar surface area (TPSA) is 131 Å². The van der Waals surface area contributed by atoms with E-state index < -0.39 is 0 Å². The molecule has 128 heavy (non-hydrogen) atoms. The maximum absolute atomic E-state index is 6.85. The minimum absolute atomic E-state index is 0.552. The maximum Gasteiger partial charge on any atom is 0.235 e. The minimum Gasteiger partial charge on any atom is -0.456 e. The van der Waals surface area contributed by atoms with Gasteiger partial charge < -0.3 is 13.4 Å². The fourth-order valence-electron chi connectivity index (χ4n) is 19.7. The summed E-state index contributed by atoms with van der Waals surface area (Å²) in [5.41, 5.74) is 21.4. The Balaban J connectivity index is 0.000000133. The molecule has 0 saturated heterocycles. The Morgan fingerprint density at radius 2 is 0.648 bits per heavy atom. The van der Waals surface area contributed by atoms with Gasteiger partial charge in [0.25, 0.3) is 0 Å². The van der Waals surface area contributed by atoms with Gasteiger partial charge in [0.15, 0.2) is 17.5 Å². The normalized spacial score (nSPS) is 12.1. The second kappa shape index (κ2) is 28.2. The van der Waals surface area contributed by atoms with E-state index in [0.717, 1.165) is 197 Å². The number of rotatable bonds is 9. The molecule has 0 saturated carbocycles. The highest BCUT2D eigenvalue weighted by Gasteiger charge is 2.27. The first kappa shape index (κ1) is 71.4. The van der Waals surface area contributed by atoms with Gasteiger partial charge in [0.1, 0.15) is 22.3 Å². The van der Waals surface area contributed by atoms with Crippen molar-refractivity contribution in [2.45, 2.75) is 0 Å². The standard InChI is InChI=1S/C60H34N4OS.C55H32N6O/c1-3-15-37(16-4-1)56-59-57(44-21-11-12-22-54(44)66-59)62-60(61-56)64-49-28-25-38(31-45(49)46-33-47-43-27-23-36-14-8-10-20-42(36)58(43)65-53(47)34-52(46)64)39-26-29-50-48(32-39)55-41-19-9-7-13-35(41)24-30-51(55)63(50)40-17-5-2-6-18-40;1-4-15-34(16-5-1)50-42-27-24-33-14-12-13-23-40(33)51(42)57-55(56-50)61-46-29-39(54-59-52(35-17-6-2-7-18-35)58-53(60-54)36-19-8-3-9-20-36)25-26-41(46)43-31-45-44-28-37-21-10-11-22-38(37)30-48(44)62-49(45)32-47(43)61/h1-34H;1-32H. The van der Waals surface area contributed by atoms with Gasteiger partial charge in [0, 0.05) is 126 Å². The summed E-state index contributed by atoms with van der Waals surface area (Å²) in [5, 5.41) is 22.5. The molecule has 0 atom stereocenters. The molecule has 0 aliphatic carbocycles. The second-order valence-electron chi connectivity index (χ2n) is 33.0. The lowest BCUT2D eigenvalue weighted by Crippen LogP contribution is -2.04. The van der Waals surface area contributed by atoms with E-state index in [0.29, 0.717) is 29.4 Å². The molecule has 0 fully saturated rings. The lowest BCUT2D eigenvalue weighted by atomic mass is 9.98. The van der Waals surface area contributed by atoms with E-state index in [1.807, 2.05) is 66.7 Å². The Labute approximate surface area is 733 Å². The van der Waals surface area contributed by atoms with Crippen molar-refractivity contribution in [3.05, 3.63) is 400 Å². The fraction of sp³-hybridized carbons (Fsp3) is 0. The zero-order valence-electron chi connectivity index (χ0n) is 68.3. The molecule has 12 nitrogen and oxygen atoms in total. The lowest BCUT2D eigenvalue weighted by Gasteiger charge is -2.13. The van der Waals surface area contributed by atoms with E-state index in [9.17, 15) is 0 Å². The second-order valence-corrected chi connectivity index (χ2v) is 34.0. The van der Waals surface area contributed by atoms with E-state index in [4.69, 9.17) is 43.7 Å². The summed E-state index contributed by atoms with van der Waals surface area (Å²) in [5.74, 6) is 2.95. The smallest absolute Gasteiger partial charge is 0.235 e. The van der Waals surface area contributed by atoms with Crippen molar-refractivity contribution >= 4 is 195 Å². The van der Waals surface area contributed by atoms with Crippen LogP contribution in [0.25, 0.3) is 269 Å². The fourth-order valence-corrected chi connectivity index (χ4v) is 20.9. The van der Waals surface area contributed by atoms with Crippen LogP contribution >= 0.6 is 11.3 Å². The van der Waals surface area contributed by atoms with Crippen LogP contribution in [0.1, 0.15) is 0 Å². The third-order valence-corrected chi connectivity index (χ3v) is 26.9. The Morgan fingerprint density at radius 1 is 0.211 bits per heavy atom. The molecule has 0 aliphatic heterocycles. The van der Waals surface area contributed by atoms with Gasteiger partial charge in [-0.05, 0) is 134 Å². The molecule has 13 heteroatoms. The Morgan fingerprint density at radius 3 is 1.33 bits per heavy atom. The van der Waals surface area contributed by atoms with E-state index in [-0.39, 0.29) is 0 Å². The van der Waals surface area contributed by atoms with Crippen molar-refractivity contribution in [1.29, 1.82) is 0 Å². The van der Waals surface area contributed by atoms with Gasteiger partial charge in [0.2, 0.25) is 11.9 Å². The van der Waals surface area contributed by atoms with Crippen LogP contribution in [0, 0.1) is 0 Å². The third kappa shape index (κ3) is 11.2. The van der Waals surface area contributed by atoms with Gasteiger partial charge in [-0.3, -0.25) is 9.13 Å². The lowest BCUT2D eigenvalue weighted by molar-refractivity contribution is 0.670. The number of thiophene rings is 1. The van der Waals surface area contributed by atoms with Gasteiger partial charge in [-0.15, -0.1) is 11.3 Å². The number of fused-ring (bicyclic) bond motifs is 26. The summed E-state index contributed by atoms with van der Waals surface area (Å²) >= 11 is 1.75. The first-order chi connectivity index (χ1) is 63.4.